The van der Waals surface area contributed by atoms with Gasteiger partial charge in [0, 0.05) is 49.3 Å². The Kier molecular flexibility index (Phi) is 3.61. The molecular formula is C22H14Br2N2O. The third-order valence-corrected chi connectivity index (χ3v) is 6.19. The summed E-state index contributed by atoms with van der Waals surface area (Å²) in [7, 11) is 1.99. The second-order valence-electron chi connectivity index (χ2n) is 6.76. The number of benzene rings is 3. The van der Waals surface area contributed by atoms with Crippen LogP contribution in [0, 0.1) is 0 Å². The molecule has 0 spiro atoms. The van der Waals surface area contributed by atoms with Crippen molar-refractivity contribution in [3.05, 3.63) is 85.4 Å². The summed E-state index contributed by atoms with van der Waals surface area (Å²) in [6.45, 7) is 4.32. The molecule has 132 valence electrons. The molecule has 2 heterocycles. The van der Waals surface area contributed by atoms with Crippen molar-refractivity contribution in [2.24, 2.45) is 7.05 Å². The number of hydrogen-bond acceptors (Lipinski definition) is 2. The third-order valence-electron chi connectivity index (χ3n) is 5.21. The first-order valence-electron chi connectivity index (χ1n) is 8.46. The van der Waals surface area contributed by atoms with Crippen molar-refractivity contribution in [3.63, 3.8) is 0 Å². The first-order valence-corrected chi connectivity index (χ1v) is 10.0. The molecule has 0 atom stereocenters. The standard InChI is InChI=1S/C22H14Br2N2O/c1-11-14-7-12(23)3-5-18(14)25-19-9-17-21(10-15(11)19)26(2)20-6-4-13(24)8-16(20)22(17)27/h3-10,25H,1H2,2H3. The van der Waals surface area contributed by atoms with Gasteiger partial charge in [-0.2, -0.15) is 0 Å². The lowest BCUT2D eigenvalue weighted by atomic mass is 9.91. The second kappa shape index (κ2) is 5.81. The average molecular weight is 482 g/mol. The normalized spacial score (nSPS) is 12.8. The van der Waals surface area contributed by atoms with Crippen molar-refractivity contribution in [2.75, 3.05) is 5.32 Å². The van der Waals surface area contributed by atoms with Gasteiger partial charge in [0.2, 0.25) is 0 Å². The summed E-state index contributed by atoms with van der Waals surface area (Å²) >= 11 is 7.00. The number of aryl methyl sites for hydroxylation is 1. The van der Waals surface area contributed by atoms with Crippen molar-refractivity contribution in [1.29, 1.82) is 0 Å². The Balaban J connectivity index is 1.86. The monoisotopic (exact) mass is 480 g/mol. The fraction of sp³-hybridized carbons (Fsp3) is 0.0455. The lowest BCUT2D eigenvalue weighted by Gasteiger charge is -2.25. The van der Waals surface area contributed by atoms with Gasteiger partial charge >= 0.3 is 0 Å². The van der Waals surface area contributed by atoms with Gasteiger partial charge in [0.25, 0.3) is 0 Å². The van der Waals surface area contributed by atoms with Gasteiger partial charge in [-0.25, -0.2) is 0 Å². The highest BCUT2D eigenvalue weighted by Crippen LogP contribution is 2.42. The van der Waals surface area contributed by atoms with Gasteiger partial charge in [0.15, 0.2) is 5.43 Å². The Morgan fingerprint density at radius 3 is 2.33 bits per heavy atom. The molecule has 0 unspecified atom stereocenters. The fourth-order valence-electron chi connectivity index (χ4n) is 3.82. The average Bonchev–Trinajstić information content (AvgIpc) is 2.66. The summed E-state index contributed by atoms with van der Waals surface area (Å²) in [4.78, 5) is 13.2. The van der Waals surface area contributed by atoms with Crippen LogP contribution in [0.2, 0.25) is 0 Å². The van der Waals surface area contributed by atoms with Gasteiger partial charge in [-0.1, -0.05) is 38.4 Å². The lowest BCUT2D eigenvalue weighted by molar-refractivity contribution is 1.00. The van der Waals surface area contributed by atoms with Crippen LogP contribution >= 0.6 is 31.9 Å². The van der Waals surface area contributed by atoms with Crippen LogP contribution < -0.4 is 10.7 Å². The molecule has 1 aromatic heterocycles. The van der Waals surface area contributed by atoms with Crippen LogP contribution in [0.1, 0.15) is 11.1 Å². The minimum Gasteiger partial charge on any atom is -0.354 e. The largest absolute Gasteiger partial charge is 0.354 e. The molecule has 0 radical (unpaired) electrons. The number of pyridine rings is 1. The predicted octanol–water partition coefficient (Wildman–Crippen LogP) is 6.34. The van der Waals surface area contributed by atoms with E-state index in [1.165, 1.54) is 0 Å². The van der Waals surface area contributed by atoms with E-state index in [0.717, 1.165) is 48.1 Å². The zero-order valence-electron chi connectivity index (χ0n) is 14.4. The molecule has 1 N–H and O–H groups in total. The third kappa shape index (κ3) is 2.42. The van der Waals surface area contributed by atoms with Crippen molar-refractivity contribution in [1.82, 2.24) is 4.57 Å². The van der Waals surface area contributed by atoms with Crippen molar-refractivity contribution in [2.45, 2.75) is 0 Å². The molecule has 1 aliphatic rings. The highest BCUT2D eigenvalue weighted by molar-refractivity contribution is 9.10. The number of nitrogens with one attached hydrogen (secondary N) is 1. The summed E-state index contributed by atoms with van der Waals surface area (Å²) in [5.74, 6) is 0. The van der Waals surface area contributed by atoms with Crippen LogP contribution in [0.3, 0.4) is 0 Å². The minimum absolute atomic E-state index is 0.0382. The van der Waals surface area contributed by atoms with E-state index in [1.807, 2.05) is 43.4 Å². The molecule has 0 saturated heterocycles. The van der Waals surface area contributed by atoms with E-state index >= 15 is 0 Å². The van der Waals surface area contributed by atoms with E-state index in [2.05, 4.69) is 60.5 Å². The molecule has 0 amide bonds. The molecule has 0 bridgehead atoms. The number of rotatable bonds is 0. The van der Waals surface area contributed by atoms with Gasteiger partial charge in [-0.3, -0.25) is 4.79 Å². The van der Waals surface area contributed by atoms with Gasteiger partial charge in [0.05, 0.1) is 11.0 Å². The van der Waals surface area contributed by atoms with Crippen molar-refractivity contribution < 1.29 is 0 Å². The number of anilines is 2. The minimum atomic E-state index is 0.0382. The number of aromatic nitrogens is 1. The summed E-state index contributed by atoms with van der Waals surface area (Å²) in [5.41, 5.74) is 6.78. The molecule has 27 heavy (non-hydrogen) atoms. The Bertz CT molecular complexity index is 1370. The zero-order chi connectivity index (χ0) is 18.9. The van der Waals surface area contributed by atoms with Crippen LogP contribution in [0.25, 0.3) is 27.4 Å². The Morgan fingerprint density at radius 2 is 1.52 bits per heavy atom. The van der Waals surface area contributed by atoms with Crippen molar-refractivity contribution >= 4 is 70.6 Å². The quantitative estimate of drug-likeness (QED) is 0.262. The maximum atomic E-state index is 13.2. The van der Waals surface area contributed by atoms with Crippen LogP contribution in [-0.2, 0) is 7.05 Å². The Morgan fingerprint density at radius 1 is 0.852 bits per heavy atom. The maximum absolute atomic E-state index is 13.2. The van der Waals surface area contributed by atoms with Crippen LogP contribution in [0.15, 0.2) is 68.8 Å². The smallest absolute Gasteiger partial charge is 0.197 e. The topological polar surface area (TPSA) is 34.0 Å². The second-order valence-corrected chi connectivity index (χ2v) is 8.59. The fourth-order valence-corrected chi connectivity index (χ4v) is 4.55. The molecule has 4 aromatic rings. The SMILES string of the molecule is C=C1c2cc(Br)ccc2Nc2cc3c(=O)c4cc(Br)ccc4n(C)c3cc21. The summed E-state index contributed by atoms with van der Waals surface area (Å²) in [6, 6.07) is 15.9. The van der Waals surface area contributed by atoms with E-state index in [9.17, 15) is 4.79 Å². The molecule has 5 rings (SSSR count). The first kappa shape index (κ1) is 16.8. The van der Waals surface area contributed by atoms with E-state index < -0.39 is 0 Å². The number of hydrogen-bond donors (Lipinski definition) is 1. The van der Waals surface area contributed by atoms with Gasteiger partial charge in [-0.15, -0.1) is 0 Å². The lowest BCUT2D eigenvalue weighted by Crippen LogP contribution is -2.12. The summed E-state index contributed by atoms with van der Waals surface area (Å²) in [6.07, 6.45) is 0. The molecule has 0 fully saturated rings. The van der Waals surface area contributed by atoms with Gasteiger partial charge in [0.1, 0.15) is 0 Å². The van der Waals surface area contributed by atoms with Crippen LogP contribution in [0.5, 0.6) is 0 Å². The maximum Gasteiger partial charge on any atom is 0.197 e. The van der Waals surface area contributed by atoms with Crippen LogP contribution in [-0.4, -0.2) is 4.57 Å². The van der Waals surface area contributed by atoms with Crippen LogP contribution in [0.4, 0.5) is 11.4 Å². The molecule has 0 saturated carbocycles. The molecule has 3 aromatic carbocycles. The van der Waals surface area contributed by atoms with E-state index in [-0.39, 0.29) is 5.43 Å². The Hall–Kier alpha value is -2.37. The van der Waals surface area contributed by atoms with Crippen molar-refractivity contribution in [3.8, 4) is 0 Å². The number of nitrogens with zero attached hydrogens (tertiary/aromatic N) is 1. The van der Waals surface area contributed by atoms with E-state index in [1.54, 1.807) is 0 Å². The molecule has 5 heteroatoms. The highest BCUT2D eigenvalue weighted by Gasteiger charge is 2.21. The summed E-state index contributed by atoms with van der Waals surface area (Å²) in [5, 5.41) is 4.86. The molecule has 3 nitrogen and oxygen atoms in total. The zero-order valence-corrected chi connectivity index (χ0v) is 17.6. The van der Waals surface area contributed by atoms with E-state index in [0.29, 0.717) is 10.8 Å². The number of halogens is 2. The summed E-state index contributed by atoms with van der Waals surface area (Å²) < 4.78 is 3.98. The Labute approximate surface area is 172 Å². The van der Waals surface area contributed by atoms with Gasteiger partial charge in [-0.05, 0) is 54.1 Å². The number of fused-ring (bicyclic) bond motifs is 4. The van der Waals surface area contributed by atoms with Gasteiger partial charge < -0.3 is 9.88 Å². The molecule has 1 aliphatic heterocycles. The predicted molar refractivity (Wildman–Crippen MR) is 120 cm³/mol. The first-order chi connectivity index (χ1) is 12.9. The highest BCUT2D eigenvalue weighted by atomic mass is 79.9. The molecule has 0 aliphatic carbocycles. The molecular weight excluding hydrogens is 468 g/mol. The van der Waals surface area contributed by atoms with E-state index in [4.69, 9.17) is 0 Å².